The number of nitrogens with one attached hydrogen (secondary N) is 1. The molecular formula is C11H19NO3. The van der Waals surface area contributed by atoms with E-state index in [1.807, 2.05) is 0 Å². The van der Waals surface area contributed by atoms with Gasteiger partial charge in [-0.1, -0.05) is 0 Å². The van der Waals surface area contributed by atoms with E-state index in [9.17, 15) is 4.79 Å². The smallest absolute Gasteiger partial charge is 0.309 e. The molecule has 4 heteroatoms. The summed E-state index contributed by atoms with van der Waals surface area (Å²) in [5.41, 5.74) is 0. The summed E-state index contributed by atoms with van der Waals surface area (Å²) < 4.78 is 10.6. The minimum atomic E-state index is -0.0107. The Morgan fingerprint density at radius 3 is 2.80 bits per heavy atom. The highest BCUT2D eigenvalue weighted by Gasteiger charge is 2.24. The number of esters is 1. The van der Waals surface area contributed by atoms with E-state index in [2.05, 4.69) is 5.32 Å². The number of rotatable bonds is 3. The van der Waals surface area contributed by atoms with Gasteiger partial charge in [0.1, 0.15) is 0 Å². The van der Waals surface area contributed by atoms with Crippen LogP contribution in [-0.2, 0) is 14.3 Å². The topological polar surface area (TPSA) is 47.6 Å². The third kappa shape index (κ3) is 3.18. The van der Waals surface area contributed by atoms with Crippen molar-refractivity contribution in [1.29, 1.82) is 0 Å². The Hall–Kier alpha value is -0.610. The summed E-state index contributed by atoms with van der Waals surface area (Å²) in [6.07, 6.45) is 2.86. The quantitative estimate of drug-likeness (QED) is 0.696. The highest BCUT2D eigenvalue weighted by Crippen LogP contribution is 2.16. The van der Waals surface area contributed by atoms with E-state index < -0.39 is 0 Å². The van der Waals surface area contributed by atoms with Crippen molar-refractivity contribution >= 4 is 5.97 Å². The lowest BCUT2D eigenvalue weighted by molar-refractivity contribution is -0.150. The van der Waals surface area contributed by atoms with E-state index in [4.69, 9.17) is 9.47 Å². The van der Waals surface area contributed by atoms with Gasteiger partial charge < -0.3 is 14.8 Å². The number of hydrogen-bond donors (Lipinski definition) is 1. The SMILES string of the molecule is O=C(OCC1CCOC1)C1CCNCC1. The first-order valence-corrected chi connectivity index (χ1v) is 5.81. The van der Waals surface area contributed by atoms with Gasteiger partial charge in [0, 0.05) is 12.5 Å². The van der Waals surface area contributed by atoms with Crippen LogP contribution in [0.1, 0.15) is 19.3 Å². The molecule has 1 N–H and O–H groups in total. The van der Waals surface area contributed by atoms with Crippen molar-refractivity contribution in [2.24, 2.45) is 11.8 Å². The Morgan fingerprint density at radius 2 is 2.13 bits per heavy atom. The normalized spacial score (nSPS) is 27.9. The molecule has 86 valence electrons. The average molecular weight is 213 g/mol. The molecule has 2 fully saturated rings. The van der Waals surface area contributed by atoms with Crippen molar-refractivity contribution in [2.45, 2.75) is 19.3 Å². The number of carbonyl (C=O) groups excluding carboxylic acids is 1. The van der Waals surface area contributed by atoms with Crippen molar-refractivity contribution in [2.75, 3.05) is 32.9 Å². The maximum Gasteiger partial charge on any atom is 0.309 e. The molecule has 4 nitrogen and oxygen atoms in total. The molecule has 2 aliphatic rings. The summed E-state index contributed by atoms with van der Waals surface area (Å²) in [6, 6.07) is 0. The number of piperidine rings is 1. The molecule has 0 spiro atoms. The third-order valence-electron chi connectivity index (χ3n) is 3.16. The third-order valence-corrected chi connectivity index (χ3v) is 3.16. The van der Waals surface area contributed by atoms with Gasteiger partial charge in [0.2, 0.25) is 0 Å². The minimum absolute atomic E-state index is 0.0107. The summed E-state index contributed by atoms with van der Waals surface area (Å²) >= 11 is 0. The molecular weight excluding hydrogens is 194 g/mol. The van der Waals surface area contributed by atoms with Crippen molar-refractivity contribution in [3.63, 3.8) is 0 Å². The maximum absolute atomic E-state index is 11.7. The number of hydrogen-bond acceptors (Lipinski definition) is 4. The average Bonchev–Trinajstić information content (AvgIpc) is 2.80. The van der Waals surface area contributed by atoms with Gasteiger partial charge in [-0.2, -0.15) is 0 Å². The summed E-state index contributed by atoms with van der Waals surface area (Å²) in [4.78, 5) is 11.7. The van der Waals surface area contributed by atoms with E-state index in [0.29, 0.717) is 12.5 Å². The fourth-order valence-electron chi connectivity index (χ4n) is 2.09. The van der Waals surface area contributed by atoms with Crippen LogP contribution in [0.3, 0.4) is 0 Å². The molecule has 15 heavy (non-hydrogen) atoms. The van der Waals surface area contributed by atoms with Crippen LogP contribution < -0.4 is 5.32 Å². The Kier molecular flexibility index (Phi) is 3.97. The molecule has 2 aliphatic heterocycles. The van der Waals surface area contributed by atoms with E-state index >= 15 is 0 Å². The predicted octanol–water partition coefficient (Wildman–Crippen LogP) is 0.566. The Morgan fingerprint density at radius 1 is 1.33 bits per heavy atom. The van der Waals surface area contributed by atoms with Crippen LogP contribution >= 0.6 is 0 Å². The molecule has 0 saturated carbocycles. The van der Waals surface area contributed by atoms with Gasteiger partial charge in [0.05, 0.1) is 19.1 Å². The standard InChI is InChI=1S/C11H19NO3/c13-11(10-1-4-12-5-2-10)15-8-9-3-6-14-7-9/h9-10,12H,1-8H2. The Balaban J connectivity index is 1.66. The molecule has 2 heterocycles. The van der Waals surface area contributed by atoms with Crippen molar-refractivity contribution in [3.05, 3.63) is 0 Å². The second-order valence-corrected chi connectivity index (χ2v) is 4.38. The lowest BCUT2D eigenvalue weighted by atomic mass is 9.98. The summed E-state index contributed by atoms with van der Waals surface area (Å²) in [7, 11) is 0. The molecule has 1 unspecified atom stereocenters. The van der Waals surface area contributed by atoms with Crippen LogP contribution in [0.2, 0.25) is 0 Å². The monoisotopic (exact) mass is 213 g/mol. The van der Waals surface area contributed by atoms with Crippen LogP contribution in [0, 0.1) is 11.8 Å². The van der Waals surface area contributed by atoms with Crippen molar-refractivity contribution in [1.82, 2.24) is 5.32 Å². The molecule has 0 aromatic rings. The second kappa shape index (κ2) is 5.47. The van der Waals surface area contributed by atoms with Gasteiger partial charge in [-0.05, 0) is 32.4 Å². The highest BCUT2D eigenvalue weighted by molar-refractivity contribution is 5.72. The molecule has 1 atom stereocenters. The molecule has 0 radical (unpaired) electrons. The molecule has 0 aromatic heterocycles. The second-order valence-electron chi connectivity index (χ2n) is 4.38. The van der Waals surface area contributed by atoms with Crippen molar-refractivity contribution < 1.29 is 14.3 Å². The lowest BCUT2D eigenvalue weighted by Crippen LogP contribution is -2.33. The Bertz CT molecular complexity index is 208. The van der Waals surface area contributed by atoms with Gasteiger partial charge in [-0.15, -0.1) is 0 Å². The summed E-state index contributed by atoms with van der Waals surface area (Å²) in [5.74, 6) is 0.535. The van der Waals surface area contributed by atoms with Gasteiger partial charge in [-0.3, -0.25) is 4.79 Å². The molecule has 2 rings (SSSR count). The van der Waals surface area contributed by atoms with E-state index in [1.54, 1.807) is 0 Å². The van der Waals surface area contributed by atoms with Crippen molar-refractivity contribution in [3.8, 4) is 0 Å². The molecule has 2 saturated heterocycles. The zero-order chi connectivity index (χ0) is 10.5. The molecule has 0 aromatic carbocycles. The van der Waals surface area contributed by atoms with E-state index in [1.165, 1.54) is 0 Å². The van der Waals surface area contributed by atoms with Crippen LogP contribution in [0.25, 0.3) is 0 Å². The number of ether oxygens (including phenoxy) is 2. The fraction of sp³-hybridized carbons (Fsp3) is 0.909. The molecule has 0 amide bonds. The molecule has 0 bridgehead atoms. The van der Waals surface area contributed by atoms with E-state index in [-0.39, 0.29) is 11.9 Å². The minimum Gasteiger partial charge on any atom is -0.465 e. The first-order chi connectivity index (χ1) is 7.36. The van der Waals surface area contributed by atoms with Crippen LogP contribution in [-0.4, -0.2) is 38.9 Å². The van der Waals surface area contributed by atoms with E-state index in [0.717, 1.165) is 45.6 Å². The van der Waals surface area contributed by atoms with Gasteiger partial charge in [0.15, 0.2) is 0 Å². The van der Waals surface area contributed by atoms with Crippen LogP contribution in [0.4, 0.5) is 0 Å². The first kappa shape index (κ1) is 10.9. The van der Waals surface area contributed by atoms with Gasteiger partial charge in [0.25, 0.3) is 0 Å². The van der Waals surface area contributed by atoms with Gasteiger partial charge >= 0.3 is 5.97 Å². The first-order valence-electron chi connectivity index (χ1n) is 5.81. The lowest BCUT2D eigenvalue weighted by Gasteiger charge is -2.21. The zero-order valence-electron chi connectivity index (χ0n) is 9.04. The van der Waals surface area contributed by atoms with Crippen LogP contribution in [0.15, 0.2) is 0 Å². The largest absolute Gasteiger partial charge is 0.465 e. The highest BCUT2D eigenvalue weighted by atomic mass is 16.5. The molecule has 0 aliphatic carbocycles. The summed E-state index contributed by atoms with van der Waals surface area (Å²) in [6.45, 7) is 3.98. The zero-order valence-corrected chi connectivity index (χ0v) is 9.04. The van der Waals surface area contributed by atoms with Crippen LogP contribution in [0.5, 0.6) is 0 Å². The summed E-state index contributed by atoms with van der Waals surface area (Å²) in [5, 5.41) is 3.24. The fourth-order valence-corrected chi connectivity index (χ4v) is 2.09. The number of carbonyl (C=O) groups is 1. The predicted molar refractivity (Wildman–Crippen MR) is 55.5 cm³/mol. The van der Waals surface area contributed by atoms with Gasteiger partial charge in [-0.25, -0.2) is 0 Å². The maximum atomic E-state index is 11.7. The Labute approximate surface area is 90.3 Å².